The average molecular weight is 270 g/mol. The van der Waals surface area contributed by atoms with Crippen LogP contribution in [0.25, 0.3) is 0 Å². The van der Waals surface area contributed by atoms with Crippen LogP contribution in [-0.4, -0.2) is 56.1 Å². The van der Waals surface area contributed by atoms with Gasteiger partial charge >= 0.3 is 0 Å². The van der Waals surface area contributed by atoms with Crippen molar-refractivity contribution in [1.29, 1.82) is 0 Å². The van der Waals surface area contributed by atoms with E-state index < -0.39 is 0 Å². The molecule has 2 aliphatic heterocycles. The minimum atomic E-state index is 0.0485. The fourth-order valence-electron chi connectivity index (χ4n) is 2.90. The summed E-state index contributed by atoms with van der Waals surface area (Å²) in [5.74, 6) is 0. The van der Waals surface area contributed by atoms with Crippen molar-refractivity contribution >= 4 is 0 Å². The van der Waals surface area contributed by atoms with Gasteiger partial charge in [-0.2, -0.15) is 0 Å². The Labute approximate surface area is 117 Å². The first kappa shape index (κ1) is 15.2. The van der Waals surface area contributed by atoms with Crippen LogP contribution in [0.15, 0.2) is 0 Å². The number of hydrogen-bond donors (Lipinski definition) is 1. The van der Waals surface area contributed by atoms with Crippen LogP contribution in [0.4, 0.5) is 0 Å². The lowest BCUT2D eigenvalue weighted by atomic mass is 10.2. The van der Waals surface area contributed by atoms with Gasteiger partial charge in [-0.05, 0) is 52.5 Å². The summed E-state index contributed by atoms with van der Waals surface area (Å²) in [4.78, 5) is 2.52. The second-order valence-corrected chi connectivity index (χ2v) is 6.05. The molecule has 0 aromatic rings. The molecule has 19 heavy (non-hydrogen) atoms. The second-order valence-electron chi connectivity index (χ2n) is 6.05. The van der Waals surface area contributed by atoms with Gasteiger partial charge in [0.2, 0.25) is 0 Å². The molecule has 2 atom stereocenters. The molecule has 2 aliphatic rings. The molecule has 0 aliphatic carbocycles. The summed E-state index contributed by atoms with van der Waals surface area (Å²) < 4.78 is 11.4. The largest absolute Gasteiger partial charge is 0.353 e. The van der Waals surface area contributed by atoms with Gasteiger partial charge in [0.05, 0.1) is 6.61 Å². The molecule has 0 saturated carbocycles. The molecule has 1 N–H and O–H groups in total. The van der Waals surface area contributed by atoms with Gasteiger partial charge < -0.3 is 14.8 Å². The molecule has 2 fully saturated rings. The van der Waals surface area contributed by atoms with Crippen LogP contribution in [0.5, 0.6) is 0 Å². The Kier molecular flexibility index (Phi) is 6.57. The zero-order valence-electron chi connectivity index (χ0n) is 12.6. The van der Waals surface area contributed by atoms with E-state index in [0.29, 0.717) is 12.1 Å². The molecule has 112 valence electrons. The first-order chi connectivity index (χ1) is 9.25. The molecule has 0 aromatic heterocycles. The van der Waals surface area contributed by atoms with Gasteiger partial charge in [0.1, 0.15) is 0 Å². The quantitative estimate of drug-likeness (QED) is 0.767. The number of ether oxygens (including phenoxy) is 2. The summed E-state index contributed by atoms with van der Waals surface area (Å²) in [6, 6.07) is 1.26. The van der Waals surface area contributed by atoms with Crippen molar-refractivity contribution in [2.24, 2.45) is 0 Å². The van der Waals surface area contributed by atoms with Gasteiger partial charge in [-0.15, -0.1) is 0 Å². The summed E-state index contributed by atoms with van der Waals surface area (Å²) in [5.41, 5.74) is 0. The predicted octanol–water partition coefficient (Wildman–Crippen LogP) is 1.99. The van der Waals surface area contributed by atoms with E-state index in [-0.39, 0.29) is 6.29 Å². The van der Waals surface area contributed by atoms with Crippen molar-refractivity contribution in [3.8, 4) is 0 Å². The first-order valence-corrected chi connectivity index (χ1v) is 7.96. The minimum Gasteiger partial charge on any atom is -0.353 e. The minimum absolute atomic E-state index is 0.0485. The molecule has 2 heterocycles. The van der Waals surface area contributed by atoms with E-state index in [2.05, 4.69) is 24.1 Å². The molecule has 2 unspecified atom stereocenters. The van der Waals surface area contributed by atoms with Gasteiger partial charge in [0, 0.05) is 31.8 Å². The third-order valence-electron chi connectivity index (χ3n) is 4.17. The number of hydrogen-bond acceptors (Lipinski definition) is 4. The van der Waals surface area contributed by atoms with Gasteiger partial charge in [0.15, 0.2) is 6.29 Å². The highest BCUT2D eigenvalue weighted by Gasteiger charge is 2.20. The lowest BCUT2D eigenvalue weighted by Crippen LogP contribution is -2.43. The normalized spacial score (nSPS) is 28.4. The molecule has 4 nitrogen and oxygen atoms in total. The maximum absolute atomic E-state index is 5.84. The molecule has 2 rings (SSSR count). The highest BCUT2D eigenvalue weighted by atomic mass is 16.7. The molecule has 0 aromatic carbocycles. The summed E-state index contributed by atoms with van der Waals surface area (Å²) in [6.45, 7) is 9.53. The van der Waals surface area contributed by atoms with Gasteiger partial charge in [-0.1, -0.05) is 0 Å². The lowest BCUT2D eigenvalue weighted by molar-refractivity contribution is -0.164. The van der Waals surface area contributed by atoms with Crippen molar-refractivity contribution in [3.63, 3.8) is 0 Å². The molecule has 4 heteroatoms. The van der Waals surface area contributed by atoms with E-state index in [1.807, 2.05) is 0 Å². The van der Waals surface area contributed by atoms with Crippen LogP contribution in [0.1, 0.15) is 46.0 Å². The van der Waals surface area contributed by atoms with Crippen LogP contribution < -0.4 is 5.32 Å². The van der Waals surface area contributed by atoms with Crippen molar-refractivity contribution < 1.29 is 9.47 Å². The number of rotatable bonds is 7. The van der Waals surface area contributed by atoms with Crippen LogP contribution >= 0.6 is 0 Å². The Morgan fingerprint density at radius 2 is 2.16 bits per heavy atom. The first-order valence-electron chi connectivity index (χ1n) is 7.96. The third-order valence-corrected chi connectivity index (χ3v) is 4.17. The summed E-state index contributed by atoms with van der Waals surface area (Å²) in [7, 11) is 0. The summed E-state index contributed by atoms with van der Waals surface area (Å²) >= 11 is 0. The van der Waals surface area contributed by atoms with E-state index >= 15 is 0 Å². The fraction of sp³-hybridized carbons (Fsp3) is 1.00. The zero-order chi connectivity index (χ0) is 13.5. The SMILES string of the molecule is CC(C)N(CCOC1CCCCO1)CC1CCCN1. The van der Waals surface area contributed by atoms with Crippen molar-refractivity contribution in [2.45, 2.75) is 64.3 Å². The van der Waals surface area contributed by atoms with Crippen LogP contribution in [-0.2, 0) is 9.47 Å². The average Bonchev–Trinajstić information content (AvgIpc) is 2.91. The summed E-state index contributed by atoms with van der Waals surface area (Å²) in [6.07, 6.45) is 6.17. The number of nitrogens with one attached hydrogen (secondary N) is 1. The van der Waals surface area contributed by atoms with E-state index in [9.17, 15) is 0 Å². The zero-order valence-corrected chi connectivity index (χ0v) is 12.6. The fourth-order valence-corrected chi connectivity index (χ4v) is 2.90. The van der Waals surface area contributed by atoms with Crippen LogP contribution in [0, 0.1) is 0 Å². The van der Waals surface area contributed by atoms with Gasteiger partial charge in [-0.25, -0.2) is 0 Å². The van der Waals surface area contributed by atoms with Gasteiger partial charge in [0.25, 0.3) is 0 Å². The van der Waals surface area contributed by atoms with Crippen molar-refractivity contribution in [1.82, 2.24) is 10.2 Å². The van der Waals surface area contributed by atoms with Crippen molar-refractivity contribution in [2.75, 3.05) is 32.8 Å². The molecule has 0 amide bonds. The van der Waals surface area contributed by atoms with E-state index in [1.54, 1.807) is 0 Å². The predicted molar refractivity (Wildman–Crippen MR) is 77.3 cm³/mol. The molecular weight excluding hydrogens is 240 g/mol. The lowest BCUT2D eigenvalue weighted by Gasteiger charge is -2.30. The van der Waals surface area contributed by atoms with Crippen LogP contribution in [0.3, 0.4) is 0 Å². The Balaban J connectivity index is 1.64. The highest BCUT2D eigenvalue weighted by molar-refractivity contribution is 4.79. The maximum atomic E-state index is 5.84. The Morgan fingerprint density at radius 1 is 1.26 bits per heavy atom. The molecule has 2 saturated heterocycles. The van der Waals surface area contributed by atoms with E-state index in [4.69, 9.17) is 9.47 Å². The molecule has 0 spiro atoms. The third kappa shape index (κ3) is 5.38. The Morgan fingerprint density at radius 3 is 2.79 bits per heavy atom. The molecule has 0 bridgehead atoms. The number of nitrogens with zero attached hydrogens (tertiary/aromatic N) is 1. The van der Waals surface area contributed by atoms with E-state index in [1.165, 1.54) is 32.2 Å². The van der Waals surface area contributed by atoms with Crippen LogP contribution in [0.2, 0.25) is 0 Å². The maximum Gasteiger partial charge on any atom is 0.157 e. The smallest absolute Gasteiger partial charge is 0.157 e. The summed E-state index contributed by atoms with van der Waals surface area (Å²) in [5, 5.41) is 3.57. The Bertz CT molecular complexity index is 236. The van der Waals surface area contributed by atoms with Gasteiger partial charge in [-0.3, -0.25) is 4.90 Å². The topological polar surface area (TPSA) is 33.7 Å². The van der Waals surface area contributed by atoms with Crippen molar-refractivity contribution in [3.05, 3.63) is 0 Å². The standard InChI is InChI=1S/C15H30N2O2/c1-13(2)17(12-14-6-5-8-16-14)9-11-19-15-7-3-4-10-18-15/h13-16H,3-12H2,1-2H3. The molecular formula is C15H30N2O2. The van der Waals surface area contributed by atoms with E-state index in [0.717, 1.165) is 32.7 Å². The molecule has 0 radical (unpaired) electrons. The highest BCUT2D eigenvalue weighted by Crippen LogP contribution is 2.14. The monoisotopic (exact) mass is 270 g/mol. The Hall–Kier alpha value is -0.160. The second kappa shape index (κ2) is 8.20.